The number of hydrogen-bond donors (Lipinski definition) is 4. The topological polar surface area (TPSA) is 98.2 Å². The Balaban J connectivity index is 1.57. The first kappa shape index (κ1) is 17.4. The van der Waals surface area contributed by atoms with E-state index in [1.54, 1.807) is 36.4 Å². The molecule has 0 aliphatic heterocycles. The number of anilines is 1. The summed E-state index contributed by atoms with van der Waals surface area (Å²) in [5, 5.41) is 23.2. The number of rotatable bonds is 4. The van der Waals surface area contributed by atoms with Crippen molar-refractivity contribution in [2.75, 3.05) is 5.32 Å². The number of carbonyl (C=O) groups excluding carboxylic acids is 1. The highest BCUT2D eigenvalue weighted by Gasteiger charge is 2.24. The van der Waals surface area contributed by atoms with E-state index in [1.165, 1.54) is 6.20 Å². The highest BCUT2D eigenvalue weighted by Crippen LogP contribution is 2.37. The first-order chi connectivity index (χ1) is 13.6. The van der Waals surface area contributed by atoms with Gasteiger partial charge in [-0.3, -0.25) is 9.78 Å². The molecule has 138 valence electrons. The third-order valence-electron chi connectivity index (χ3n) is 4.33. The number of pyridine rings is 1. The second kappa shape index (κ2) is 7.28. The predicted octanol–water partition coefficient (Wildman–Crippen LogP) is 4.41. The van der Waals surface area contributed by atoms with Crippen molar-refractivity contribution in [1.82, 2.24) is 9.97 Å². The third-order valence-corrected chi connectivity index (χ3v) is 4.33. The molecule has 0 spiro atoms. The lowest BCUT2D eigenvalue weighted by Crippen LogP contribution is -2.11. The maximum Gasteiger partial charge on any atom is 0.265 e. The molecule has 6 nitrogen and oxygen atoms in total. The molecule has 6 heteroatoms. The zero-order valence-corrected chi connectivity index (χ0v) is 14.8. The Labute approximate surface area is 161 Å². The van der Waals surface area contributed by atoms with Gasteiger partial charge in [-0.1, -0.05) is 60.7 Å². The van der Waals surface area contributed by atoms with E-state index in [0.29, 0.717) is 11.3 Å². The van der Waals surface area contributed by atoms with Crippen LogP contribution >= 0.6 is 0 Å². The van der Waals surface area contributed by atoms with Crippen molar-refractivity contribution < 1.29 is 15.0 Å². The molecule has 2 heterocycles. The van der Waals surface area contributed by atoms with Gasteiger partial charge < -0.3 is 20.5 Å². The van der Waals surface area contributed by atoms with Gasteiger partial charge in [0.25, 0.3) is 5.91 Å². The van der Waals surface area contributed by atoms with Crippen LogP contribution in [0.4, 0.5) is 5.69 Å². The third kappa shape index (κ3) is 3.31. The molecule has 0 atom stereocenters. The number of hydrogen-bond acceptors (Lipinski definition) is 4. The van der Waals surface area contributed by atoms with E-state index in [2.05, 4.69) is 15.3 Å². The Kier molecular flexibility index (Phi) is 4.51. The average molecular weight is 371 g/mol. The Morgan fingerprint density at radius 2 is 1.50 bits per heavy atom. The summed E-state index contributed by atoms with van der Waals surface area (Å²) in [7, 11) is 0. The second-order valence-corrected chi connectivity index (χ2v) is 6.19. The maximum absolute atomic E-state index is 12.6. The summed E-state index contributed by atoms with van der Waals surface area (Å²) in [5.74, 6) is -1.35. The van der Waals surface area contributed by atoms with E-state index in [1.807, 2.05) is 36.4 Å². The molecule has 0 bridgehead atoms. The Hall–Kier alpha value is -4.06. The van der Waals surface area contributed by atoms with Crippen LogP contribution in [0.3, 0.4) is 0 Å². The molecule has 1 amide bonds. The number of aromatic nitrogens is 2. The van der Waals surface area contributed by atoms with Crippen LogP contribution in [0.2, 0.25) is 0 Å². The Morgan fingerprint density at radius 1 is 0.857 bits per heavy atom. The average Bonchev–Trinajstić information content (AvgIpc) is 3.04. The first-order valence-electron chi connectivity index (χ1n) is 8.65. The lowest BCUT2D eigenvalue weighted by atomic mass is 10.1. The van der Waals surface area contributed by atoms with Gasteiger partial charge in [0.05, 0.1) is 23.3 Å². The summed E-state index contributed by atoms with van der Waals surface area (Å²) in [4.78, 5) is 19.6. The van der Waals surface area contributed by atoms with Gasteiger partial charge in [0.1, 0.15) is 5.56 Å². The van der Waals surface area contributed by atoms with Gasteiger partial charge in [0.15, 0.2) is 5.75 Å². The summed E-state index contributed by atoms with van der Waals surface area (Å²) in [6.07, 6.45) is 1.53. The second-order valence-electron chi connectivity index (χ2n) is 6.19. The number of H-pyrrole nitrogens is 1. The lowest BCUT2D eigenvalue weighted by Gasteiger charge is -2.06. The maximum atomic E-state index is 12.6. The minimum Gasteiger partial charge on any atom is -0.505 e. The summed E-state index contributed by atoms with van der Waals surface area (Å²) in [6.45, 7) is 0. The van der Waals surface area contributed by atoms with Crippen LogP contribution in [0.25, 0.3) is 22.5 Å². The predicted molar refractivity (Wildman–Crippen MR) is 107 cm³/mol. The van der Waals surface area contributed by atoms with Crippen molar-refractivity contribution in [3.8, 4) is 34.1 Å². The van der Waals surface area contributed by atoms with Crippen LogP contribution in [0.15, 0.2) is 79.0 Å². The van der Waals surface area contributed by atoms with Crippen LogP contribution in [0.1, 0.15) is 10.4 Å². The minimum atomic E-state index is -0.636. The molecular formula is C22H17N3O3. The number of nitrogens with one attached hydrogen (secondary N) is 2. The summed E-state index contributed by atoms with van der Waals surface area (Å²) < 4.78 is 0. The molecular weight excluding hydrogens is 354 g/mol. The summed E-state index contributed by atoms with van der Waals surface area (Å²) in [5.41, 5.74) is 2.91. The van der Waals surface area contributed by atoms with Crippen molar-refractivity contribution >= 4 is 11.6 Å². The fourth-order valence-corrected chi connectivity index (χ4v) is 2.95. The van der Waals surface area contributed by atoms with E-state index in [4.69, 9.17) is 0 Å². The van der Waals surface area contributed by atoms with Crippen LogP contribution in [-0.4, -0.2) is 26.1 Å². The number of nitrogens with zero attached hydrogens (tertiary/aromatic N) is 1. The van der Waals surface area contributed by atoms with Gasteiger partial charge in [0.2, 0.25) is 5.88 Å². The number of amides is 1. The molecule has 2 aromatic carbocycles. The number of benzene rings is 2. The normalized spacial score (nSPS) is 10.6. The monoisotopic (exact) mass is 371 g/mol. The number of carbonyl (C=O) groups is 1. The highest BCUT2D eigenvalue weighted by atomic mass is 16.3. The molecule has 0 fully saturated rings. The van der Waals surface area contributed by atoms with Crippen molar-refractivity contribution in [1.29, 1.82) is 0 Å². The van der Waals surface area contributed by atoms with E-state index >= 15 is 0 Å². The molecule has 0 aliphatic rings. The lowest BCUT2D eigenvalue weighted by molar-refractivity contribution is 0.102. The molecule has 0 aliphatic carbocycles. The first-order valence-corrected chi connectivity index (χ1v) is 8.65. The zero-order valence-electron chi connectivity index (χ0n) is 14.8. The van der Waals surface area contributed by atoms with Gasteiger partial charge in [0, 0.05) is 11.1 Å². The fraction of sp³-hybridized carbons (Fsp3) is 0. The highest BCUT2D eigenvalue weighted by molar-refractivity contribution is 6.09. The quantitative estimate of drug-likeness (QED) is 0.427. The Morgan fingerprint density at radius 3 is 2.11 bits per heavy atom. The molecule has 4 aromatic rings. The van der Waals surface area contributed by atoms with Crippen molar-refractivity contribution in [3.63, 3.8) is 0 Å². The Bertz CT molecular complexity index is 1110. The molecule has 4 N–H and O–H groups in total. The largest absolute Gasteiger partial charge is 0.505 e. The molecule has 0 radical (unpaired) electrons. The van der Waals surface area contributed by atoms with Crippen LogP contribution in [-0.2, 0) is 0 Å². The zero-order chi connectivity index (χ0) is 19.5. The molecule has 0 unspecified atom stereocenters. The van der Waals surface area contributed by atoms with E-state index in [9.17, 15) is 15.0 Å². The summed E-state index contributed by atoms with van der Waals surface area (Å²) in [6, 6.07) is 22.1. The fourth-order valence-electron chi connectivity index (χ4n) is 2.95. The molecule has 4 rings (SSSR count). The summed E-state index contributed by atoms with van der Waals surface area (Å²) >= 11 is 0. The molecule has 0 saturated heterocycles. The van der Waals surface area contributed by atoms with Crippen molar-refractivity contribution in [2.45, 2.75) is 0 Å². The SMILES string of the molecule is O=C(Nc1ccc(-c2ccccc2)nc1)c1c(O)[nH]c(-c2ccccc2)c1O. The van der Waals surface area contributed by atoms with Crippen molar-refractivity contribution in [2.24, 2.45) is 0 Å². The van der Waals surface area contributed by atoms with Gasteiger partial charge in [-0.05, 0) is 12.1 Å². The van der Waals surface area contributed by atoms with Gasteiger partial charge in [-0.2, -0.15) is 0 Å². The smallest absolute Gasteiger partial charge is 0.265 e. The van der Waals surface area contributed by atoms with Crippen molar-refractivity contribution in [3.05, 3.63) is 84.6 Å². The van der Waals surface area contributed by atoms with Gasteiger partial charge in [-0.15, -0.1) is 0 Å². The van der Waals surface area contributed by atoms with Crippen LogP contribution in [0.5, 0.6) is 11.6 Å². The van der Waals surface area contributed by atoms with E-state index in [0.717, 1.165) is 11.3 Å². The standard InChI is InChI=1S/C22H17N3O3/c26-20-18(22(28)25-19(20)15-9-5-2-6-10-15)21(27)24-16-11-12-17(23-13-16)14-7-3-1-4-8-14/h1-13,25-26,28H,(H,24,27). The number of aromatic amines is 1. The van der Waals surface area contributed by atoms with E-state index in [-0.39, 0.29) is 17.0 Å². The molecule has 2 aromatic heterocycles. The van der Waals surface area contributed by atoms with Gasteiger partial charge in [-0.25, -0.2) is 0 Å². The number of aromatic hydroxyl groups is 2. The van der Waals surface area contributed by atoms with Gasteiger partial charge >= 0.3 is 0 Å². The molecule has 0 saturated carbocycles. The van der Waals surface area contributed by atoms with Crippen LogP contribution < -0.4 is 5.32 Å². The molecule has 28 heavy (non-hydrogen) atoms. The minimum absolute atomic E-state index is 0.217. The van der Waals surface area contributed by atoms with Crippen LogP contribution in [0, 0.1) is 0 Å². The van der Waals surface area contributed by atoms with E-state index < -0.39 is 11.8 Å².